The lowest BCUT2D eigenvalue weighted by atomic mass is 10.1. The number of allylic oxidation sites excluding steroid dienone is 1. The van der Waals surface area contributed by atoms with Gasteiger partial charge in [0.25, 0.3) is 0 Å². The Labute approximate surface area is 149 Å². The molecule has 2 aromatic rings. The van der Waals surface area contributed by atoms with E-state index in [1.54, 1.807) is 18.9 Å². The highest BCUT2D eigenvalue weighted by atomic mass is 19.4. The lowest BCUT2D eigenvalue weighted by Crippen LogP contribution is -2.17. The van der Waals surface area contributed by atoms with E-state index in [0.717, 1.165) is 6.42 Å². The summed E-state index contributed by atoms with van der Waals surface area (Å²) in [6.07, 6.45) is -0.137. The quantitative estimate of drug-likeness (QED) is 0.779. The highest BCUT2D eigenvalue weighted by Crippen LogP contribution is 2.27. The molecule has 0 amide bonds. The van der Waals surface area contributed by atoms with Crippen molar-refractivity contribution >= 4 is 5.82 Å². The van der Waals surface area contributed by atoms with Gasteiger partial charge < -0.3 is 9.64 Å². The fourth-order valence-corrected chi connectivity index (χ4v) is 2.23. The zero-order valence-electron chi connectivity index (χ0n) is 14.5. The Bertz CT molecular complexity index is 839. The van der Waals surface area contributed by atoms with Crippen LogP contribution in [0.1, 0.15) is 24.6 Å². The second-order valence-electron chi connectivity index (χ2n) is 5.43. The van der Waals surface area contributed by atoms with Crippen LogP contribution in [0.5, 0.6) is 5.75 Å². The molecule has 0 aliphatic heterocycles. The van der Waals surface area contributed by atoms with Crippen LogP contribution in [0.2, 0.25) is 0 Å². The molecule has 0 unspecified atom stereocenters. The Morgan fingerprint density at radius 2 is 1.88 bits per heavy atom. The van der Waals surface area contributed by atoms with E-state index in [1.165, 1.54) is 24.3 Å². The van der Waals surface area contributed by atoms with Crippen LogP contribution in [0.3, 0.4) is 0 Å². The molecular weight excluding hydrogens is 345 g/mol. The van der Waals surface area contributed by atoms with Crippen LogP contribution in [0.4, 0.5) is 19.0 Å². The number of halogens is 3. The molecule has 0 spiro atoms. The summed E-state index contributed by atoms with van der Waals surface area (Å²) in [5.41, 5.74) is 1.30. The summed E-state index contributed by atoms with van der Waals surface area (Å²) in [6.45, 7) is 3.74. The summed E-state index contributed by atoms with van der Waals surface area (Å²) < 4.78 is 40.6. The van der Waals surface area contributed by atoms with Crippen LogP contribution < -0.4 is 9.64 Å². The minimum absolute atomic E-state index is 0.206. The van der Waals surface area contributed by atoms with Crippen LogP contribution >= 0.6 is 0 Å². The first kappa shape index (κ1) is 19.2. The Hall–Kier alpha value is -3.08. The van der Waals surface area contributed by atoms with E-state index >= 15 is 0 Å². The molecule has 0 aliphatic rings. The third-order valence-electron chi connectivity index (χ3n) is 3.47. The molecule has 0 saturated heterocycles. The van der Waals surface area contributed by atoms with Crippen molar-refractivity contribution in [1.82, 2.24) is 9.97 Å². The summed E-state index contributed by atoms with van der Waals surface area (Å²) in [7, 11) is 1.80. The first-order chi connectivity index (χ1) is 12.2. The molecule has 0 saturated carbocycles. The largest absolute Gasteiger partial charge is 0.573 e. The van der Waals surface area contributed by atoms with Gasteiger partial charge in [0.2, 0.25) is 0 Å². The number of hydrogen-bond acceptors (Lipinski definition) is 5. The van der Waals surface area contributed by atoms with Gasteiger partial charge >= 0.3 is 6.36 Å². The second-order valence-corrected chi connectivity index (χ2v) is 5.43. The van der Waals surface area contributed by atoms with Crippen molar-refractivity contribution in [2.24, 2.45) is 0 Å². The van der Waals surface area contributed by atoms with Crippen molar-refractivity contribution in [1.29, 1.82) is 5.26 Å². The minimum atomic E-state index is -4.75. The van der Waals surface area contributed by atoms with Gasteiger partial charge in [-0.05, 0) is 37.6 Å². The van der Waals surface area contributed by atoms with Crippen molar-refractivity contribution in [2.75, 3.05) is 11.9 Å². The van der Waals surface area contributed by atoms with Crippen LogP contribution in [0.15, 0.2) is 36.5 Å². The first-order valence-electron chi connectivity index (χ1n) is 7.79. The van der Waals surface area contributed by atoms with Gasteiger partial charge in [0, 0.05) is 24.4 Å². The fourth-order valence-electron chi connectivity index (χ4n) is 2.23. The summed E-state index contributed by atoms with van der Waals surface area (Å²) in [5, 5.41) is 9.32. The SMILES string of the molecule is CC/C=C/N(C)c1nc(-c2ccc(OC(F)(F)F)cc2)nc(C#N)c1C. The van der Waals surface area contributed by atoms with Crippen LogP contribution in [0, 0.1) is 18.3 Å². The zero-order chi connectivity index (χ0) is 19.3. The maximum Gasteiger partial charge on any atom is 0.573 e. The Morgan fingerprint density at radius 3 is 2.42 bits per heavy atom. The van der Waals surface area contributed by atoms with E-state index in [2.05, 4.69) is 14.7 Å². The van der Waals surface area contributed by atoms with E-state index in [4.69, 9.17) is 0 Å². The van der Waals surface area contributed by atoms with Crippen molar-refractivity contribution in [3.63, 3.8) is 0 Å². The lowest BCUT2D eigenvalue weighted by Gasteiger charge is -2.17. The monoisotopic (exact) mass is 362 g/mol. The van der Waals surface area contributed by atoms with E-state index < -0.39 is 6.36 Å². The molecular formula is C18H17F3N4O. The van der Waals surface area contributed by atoms with Gasteiger partial charge in [-0.15, -0.1) is 13.2 Å². The summed E-state index contributed by atoms with van der Waals surface area (Å²) in [6, 6.07) is 7.21. The number of hydrogen-bond donors (Lipinski definition) is 0. The van der Waals surface area contributed by atoms with Crippen LogP contribution in [0.25, 0.3) is 11.4 Å². The molecule has 0 atom stereocenters. The van der Waals surface area contributed by atoms with Gasteiger partial charge in [0.1, 0.15) is 23.3 Å². The highest BCUT2D eigenvalue weighted by Gasteiger charge is 2.31. The van der Waals surface area contributed by atoms with Gasteiger partial charge in [-0.1, -0.05) is 13.0 Å². The van der Waals surface area contributed by atoms with E-state index in [0.29, 0.717) is 16.9 Å². The van der Waals surface area contributed by atoms with E-state index in [9.17, 15) is 18.4 Å². The predicted molar refractivity (Wildman–Crippen MR) is 91.4 cm³/mol. The van der Waals surface area contributed by atoms with Crippen LogP contribution in [-0.4, -0.2) is 23.4 Å². The van der Waals surface area contributed by atoms with E-state index in [-0.39, 0.29) is 17.3 Å². The number of rotatable bonds is 5. The third kappa shape index (κ3) is 4.72. The number of benzene rings is 1. The second kappa shape index (κ2) is 7.87. The zero-order valence-corrected chi connectivity index (χ0v) is 14.5. The Balaban J connectivity index is 2.43. The topological polar surface area (TPSA) is 62.0 Å². The van der Waals surface area contributed by atoms with Gasteiger partial charge in [0.15, 0.2) is 5.82 Å². The number of alkyl halides is 3. The number of anilines is 1. The molecule has 2 rings (SSSR count). The van der Waals surface area contributed by atoms with Crippen molar-refractivity contribution in [3.8, 4) is 23.2 Å². The average Bonchev–Trinajstić information content (AvgIpc) is 2.59. The average molecular weight is 362 g/mol. The van der Waals surface area contributed by atoms with Crippen molar-refractivity contribution in [2.45, 2.75) is 26.6 Å². The summed E-state index contributed by atoms with van der Waals surface area (Å²) in [5.74, 6) is 0.460. The molecule has 0 radical (unpaired) electrons. The normalized spacial score (nSPS) is 11.4. The van der Waals surface area contributed by atoms with Gasteiger partial charge in [-0.2, -0.15) is 5.26 Å². The summed E-state index contributed by atoms with van der Waals surface area (Å²) in [4.78, 5) is 10.4. The molecule has 1 aromatic heterocycles. The maximum absolute atomic E-state index is 12.3. The summed E-state index contributed by atoms with van der Waals surface area (Å²) >= 11 is 0. The number of aromatic nitrogens is 2. The van der Waals surface area contributed by atoms with Gasteiger partial charge in [-0.3, -0.25) is 0 Å². The number of nitrogens with zero attached hydrogens (tertiary/aromatic N) is 4. The number of nitriles is 1. The third-order valence-corrected chi connectivity index (χ3v) is 3.47. The Kier molecular flexibility index (Phi) is 5.82. The molecule has 5 nitrogen and oxygen atoms in total. The van der Waals surface area contributed by atoms with Crippen molar-refractivity contribution in [3.05, 3.63) is 47.8 Å². The first-order valence-corrected chi connectivity index (χ1v) is 7.79. The standard InChI is InChI=1S/C18H17F3N4O/c1-4-5-10-25(3)17-12(2)15(11-22)23-16(24-17)13-6-8-14(9-7-13)26-18(19,20)21/h5-10H,4H2,1-3H3/b10-5+. The molecule has 0 aliphatic carbocycles. The maximum atomic E-state index is 12.3. The molecule has 26 heavy (non-hydrogen) atoms. The fraction of sp³-hybridized carbons (Fsp3) is 0.278. The molecule has 8 heteroatoms. The van der Waals surface area contributed by atoms with Gasteiger partial charge in [-0.25, -0.2) is 9.97 Å². The highest BCUT2D eigenvalue weighted by molar-refractivity contribution is 5.63. The van der Waals surface area contributed by atoms with E-state index in [1.807, 2.05) is 25.3 Å². The predicted octanol–water partition coefficient (Wildman–Crippen LogP) is 4.58. The minimum Gasteiger partial charge on any atom is -0.406 e. The lowest BCUT2D eigenvalue weighted by molar-refractivity contribution is -0.274. The van der Waals surface area contributed by atoms with Crippen LogP contribution in [-0.2, 0) is 0 Å². The molecule has 136 valence electrons. The smallest absolute Gasteiger partial charge is 0.406 e. The molecule has 1 heterocycles. The number of ether oxygens (including phenoxy) is 1. The molecule has 0 N–H and O–H groups in total. The molecule has 0 fully saturated rings. The molecule has 0 bridgehead atoms. The Morgan fingerprint density at radius 1 is 1.23 bits per heavy atom. The van der Waals surface area contributed by atoms with Crippen molar-refractivity contribution < 1.29 is 17.9 Å². The molecule has 1 aromatic carbocycles. The van der Waals surface area contributed by atoms with Gasteiger partial charge in [0.05, 0.1) is 0 Å².